The van der Waals surface area contributed by atoms with Crippen molar-refractivity contribution in [2.45, 2.75) is 20.4 Å². The van der Waals surface area contributed by atoms with Gasteiger partial charge in [0.1, 0.15) is 5.69 Å². The van der Waals surface area contributed by atoms with Crippen LogP contribution in [-0.4, -0.2) is 25.1 Å². The molecule has 3 rings (SSSR count). The molecule has 0 radical (unpaired) electrons. The van der Waals surface area contributed by atoms with E-state index in [1.807, 2.05) is 24.3 Å². The lowest BCUT2D eigenvalue weighted by atomic mass is 10.1. The Bertz CT molecular complexity index is 998. The van der Waals surface area contributed by atoms with Gasteiger partial charge in [-0.2, -0.15) is 0 Å². The zero-order valence-electron chi connectivity index (χ0n) is 17.1. The Labute approximate surface area is 170 Å². The van der Waals surface area contributed by atoms with Crippen LogP contribution in [0.1, 0.15) is 27.2 Å². The van der Waals surface area contributed by atoms with Crippen molar-refractivity contribution < 1.29 is 14.3 Å². The monoisotopic (exact) mass is 391 g/mol. The van der Waals surface area contributed by atoms with Crippen LogP contribution in [0.5, 0.6) is 11.5 Å². The highest BCUT2D eigenvalue weighted by molar-refractivity contribution is 5.93. The standard InChI is InChI=1S/C23H25N3O3/c1-15-9-16(2)11-19(10-15)26-18-7-8-24-20(13-18)23(27)25-14-17-5-6-21(28-3)22(12-17)29-4/h5-13H,14H2,1-4H3,(H,24,26)(H,25,27). The maximum atomic E-state index is 12.6. The lowest BCUT2D eigenvalue weighted by molar-refractivity contribution is 0.0946. The van der Waals surface area contributed by atoms with E-state index in [4.69, 9.17) is 9.47 Å². The van der Waals surface area contributed by atoms with Crippen molar-refractivity contribution in [3.05, 3.63) is 77.1 Å². The molecule has 6 heteroatoms. The smallest absolute Gasteiger partial charge is 0.270 e. The van der Waals surface area contributed by atoms with Gasteiger partial charge in [-0.25, -0.2) is 0 Å². The molecule has 0 atom stereocenters. The first-order chi connectivity index (χ1) is 14.0. The first-order valence-electron chi connectivity index (χ1n) is 9.29. The number of anilines is 2. The van der Waals surface area contributed by atoms with E-state index in [2.05, 4.69) is 47.7 Å². The maximum absolute atomic E-state index is 12.6. The van der Waals surface area contributed by atoms with Crippen molar-refractivity contribution in [3.8, 4) is 11.5 Å². The number of pyridine rings is 1. The summed E-state index contributed by atoms with van der Waals surface area (Å²) in [7, 11) is 3.17. The Kier molecular flexibility index (Phi) is 6.34. The molecular weight excluding hydrogens is 366 g/mol. The normalized spacial score (nSPS) is 10.3. The zero-order chi connectivity index (χ0) is 20.8. The van der Waals surface area contributed by atoms with Gasteiger partial charge in [-0.3, -0.25) is 9.78 Å². The van der Waals surface area contributed by atoms with E-state index >= 15 is 0 Å². The highest BCUT2D eigenvalue weighted by atomic mass is 16.5. The molecule has 1 amide bonds. The third-order valence-corrected chi connectivity index (χ3v) is 4.40. The van der Waals surface area contributed by atoms with Crippen LogP contribution in [0.2, 0.25) is 0 Å². The van der Waals surface area contributed by atoms with Crippen LogP contribution in [0.4, 0.5) is 11.4 Å². The Morgan fingerprint density at radius 3 is 2.31 bits per heavy atom. The number of benzene rings is 2. The molecule has 0 aliphatic heterocycles. The molecule has 0 aliphatic rings. The third-order valence-electron chi connectivity index (χ3n) is 4.40. The second-order valence-electron chi connectivity index (χ2n) is 6.80. The lowest BCUT2D eigenvalue weighted by Crippen LogP contribution is -2.23. The highest BCUT2D eigenvalue weighted by Crippen LogP contribution is 2.27. The van der Waals surface area contributed by atoms with Crippen molar-refractivity contribution in [3.63, 3.8) is 0 Å². The average Bonchev–Trinajstić information content (AvgIpc) is 2.71. The summed E-state index contributed by atoms with van der Waals surface area (Å²) in [5.41, 5.74) is 5.39. The largest absolute Gasteiger partial charge is 0.493 e. The fourth-order valence-electron chi connectivity index (χ4n) is 3.11. The van der Waals surface area contributed by atoms with Crippen molar-refractivity contribution >= 4 is 17.3 Å². The van der Waals surface area contributed by atoms with Crippen molar-refractivity contribution in [1.82, 2.24) is 10.3 Å². The number of aromatic nitrogens is 1. The van der Waals surface area contributed by atoms with Gasteiger partial charge in [0.15, 0.2) is 11.5 Å². The average molecular weight is 391 g/mol. The molecule has 0 bridgehead atoms. The molecule has 0 saturated heterocycles. The van der Waals surface area contributed by atoms with E-state index in [1.54, 1.807) is 26.5 Å². The third kappa shape index (κ3) is 5.25. The summed E-state index contributed by atoms with van der Waals surface area (Å²) in [6.45, 7) is 4.46. The summed E-state index contributed by atoms with van der Waals surface area (Å²) in [6.07, 6.45) is 1.62. The molecular formula is C23H25N3O3. The van der Waals surface area contributed by atoms with Crippen LogP contribution in [0, 0.1) is 13.8 Å². The van der Waals surface area contributed by atoms with Crippen molar-refractivity contribution in [1.29, 1.82) is 0 Å². The fourth-order valence-corrected chi connectivity index (χ4v) is 3.11. The van der Waals surface area contributed by atoms with Crippen molar-refractivity contribution in [2.75, 3.05) is 19.5 Å². The minimum atomic E-state index is -0.246. The molecule has 150 valence electrons. The number of methoxy groups -OCH3 is 2. The number of rotatable bonds is 7. The van der Waals surface area contributed by atoms with Gasteiger partial charge in [-0.1, -0.05) is 12.1 Å². The number of hydrogen-bond acceptors (Lipinski definition) is 5. The van der Waals surface area contributed by atoms with Crippen LogP contribution in [0.25, 0.3) is 0 Å². The fraction of sp³-hybridized carbons (Fsp3) is 0.217. The second-order valence-corrected chi connectivity index (χ2v) is 6.80. The predicted molar refractivity (Wildman–Crippen MR) is 114 cm³/mol. The second kappa shape index (κ2) is 9.10. The van der Waals surface area contributed by atoms with Crippen LogP contribution in [-0.2, 0) is 6.54 Å². The summed E-state index contributed by atoms with van der Waals surface area (Å²) < 4.78 is 10.5. The Hall–Kier alpha value is -3.54. The zero-order valence-corrected chi connectivity index (χ0v) is 17.1. The number of aryl methyl sites for hydroxylation is 2. The van der Waals surface area contributed by atoms with Crippen molar-refractivity contribution in [2.24, 2.45) is 0 Å². The van der Waals surface area contributed by atoms with Crippen LogP contribution in [0.15, 0.2) is 54.7 Å². The number of carbonyl (C=O) groups excluding carboxylic acids is 1. The Morgan fingerprint density at radius 2 is 1.62 bits per heavy atom. The van der Waals surface area contributed by atoms with E-state index in [-0.39, 0.29) is 5.91 Å². The van der Waals surface area contributed by atoms with Crippen LogP contribution in [0.3, 0.4) is 0 Å². The maximum Gasteiger partial charge on any atom is 0.270 e. The number of carbonyl (C=O) groups is 1. The summed E-state index contributed by atoms with van der Waals surface area (Å²) in [6, 6.07) is 15.3. The molecule has 0 spiro atoms. The van der Waals surface area contributed by atoms with E-state index in [1.165, 1.54) is 11.1 Å². The summed E-state index contributed by atoms with van der Waals surface area (Å²) >= 11 is 0. The van der Waals surface area contributed by atoms with Crippen LogP contribution >= 0.6 is 0 Å². The number of amides is 1. The molecule has 0 fully saturated rings. The molecule has 0 saturated carbocycles. The molecule has 2 N–H and O–H groups in total. The number of nitrogens with one attached hydrogen (secondary N) is 2. The molecule has 3 aromatic rings. The lowest BCUT2D eigenvalue weighted by Gasteiger charge is -2.11. The molecule has 0 unspecified atom stereocenters. The van der Waals surface area contributed by atoms with Crippen LogP contribution < -0.4 is 20.1 Å². The molecule has 29 heavy (non-hydrogen) atoms. The van der Waals surface area contributed by atoms with Gasteiger partial charge < -0.3 is 20.1 Å². The minimum Gasteiger partial charge on any atom is -0.493 e. The quantitative estimate of drug-likeness (QED) is 0.625. The molecule has 1 aromatic heterocycles. The molecule has 1 heterocycles. The van der Waals surface area contributed by atoms with Gasteiger partial charge in [0, 0.05) is 24.1 Å². The molecule has 2 aromatic carbocycles. The highest BCUT2D eigenvalue weighted by Gasteiger charge is 2.10. The predicted octanol–water partition coefficient (Wildman–Crippen LogP) is 4.39. The first kappa shape index (κ1) is 20.2. The van der Waals surface area contributed by atoms with Gasteiger partial charge >= 0.3 is 0 Å². The van der Waals surface area contributed by atoms with E-state index in [0.717, 1.165) is 16.9 Å². The molecule has 6 nitrogen and oxygen atoms in total. The number of ether oxygens (including phenoxy) is 2. The van der Waals surface area contributed by atoms with Gasteiger partial charge in [0.2, 0.25) is 0 Å². The van der Waals surface area contributed by atoms with E-state index < -0.39 is 0 Å². The van der Waals surface area contributed by atoms with Gasteiger partial charge in [0.25, 0.3) is 5.91 Å². The number of hydrogen-bond donors (Lipinski definition) is 2. The summed E-state index contributed by atoms with van der Waals surface area (Å²) in [4.78, 5) is 16.7. The number of nitrogens with zero attached hydrogens (tertiary/aromatic N) is 1. The Morgan fingerprint density at radius 1 is 0.897 bits per heavy atom. The van der Waals surface area contributed by atoms with Gasteiger partial charge in [-0.15, -0.1) is 0 Å². The summed E-state index contributed by atoms with van der Waals surface area (Å²) in [5, 5.41) is 6.22. The minimum absolute atomic E-state index is 0.246. The first-order valence-corrected chi connectivity index (χ1v) is 9.29. The molecule has 0 aliphatic carbocycles. The van der Waals surface area contributed by atoms with E-state index in [0.29, 0.717) is 23.7 Å². The van der Waals surface area contributed by atoms with E-state index in [9.17, 15) is 4.79 Å². The SMILES string of the molecule is COc1ccc(CNC(=O)c2cc(Nc3cc(C)cc(C)c3)ccn2)cc1OC. The van der Waals surface area contributed by atoms with Gasteiger partial charge in [-0.05, 0) is 66.9 Å². The summed E-state index contributed by atoms with van der Waals surface area (Å²) in [5.74, 6) is 1.02. The Balaban J connectivity index is 1.68. The topological polar surface area (TPSA) is 72.5 Å². The van der Waals surface area contributed by atoms with Gasteiger partial charge in [0.05, 0.1) is 14.2 Å².